The molecule has 0 saturated heterocycles. The predicted molar refractivity (Wildman–Crippen MR) is 67.3 cm³/mol. The highest BCUT2D eigenvalue weighted by molar-refractivity contribution is 6.34. The zero-order valence-electron chi connectivity index (χ0n) is 9.82. The highest BCUT2D eigenvalue weighted by Gasteiger charge is 2.15. The van der Waals surface area contributed by atoms with Gasteiger partial charge in [-0.05, 0) is 18.6 Å². The molecule has 5 nitrogen and oxygen atoms in total. The maximum atomic E-state index is 10.8. The van der Waals surface area contributed by atoms with Crippen LogP contribution in [0.25, 0.3) is 11.3 Å². The molecule has 0 aliphatic carbocycles. The molecule has 1 aromatic carbocycles. The molecule has 1 heterocycles. The van der Waals surface area contributed by atoms with E-state index >= 15 is 0 Å². The Morgan fingerprint density at radius 3 is 2.78 bits per heavy atom. The number of hydrogen-bond donors (Lipinski definition) is 2. The molecule has 2 N–H and O–H groups in total. The topological polar surface area (TPSA) is 75.2 Å². The number of carboxylic acid groups (broad SMARTS) is 1. The van der Waals surface area contributed by atoms with Crippen molar-refractivity contribution < 1.29 is 14.6 Å². The van der Waals surface area contributed by atoms with E-state index in [0.29, 0.717) is 22.0 Å². The number of benzene rings is 1. The van der Waals surface area contributed by atoms with Gasteiger partial charge < -0.3 is 9.84 Å². The first kappa shape index (κ1) is 12.4. The SMILES string of the molecule is COc1c(C)ccc(-c2cc(C(=O)O)[nH]n2)c1Cl. The molecule has 2 rings (SSSR count). The average Bonchev–Trinajstić information content (AvgIpc) is 2.79. The summed E-state index contributed by atoms with van der Waals surface area (Å²) in [7, 11) is 1.53. The minimum atomic E-state index is -1.07. The van der Waals surface area contributed by atoms with Gasteiger partial charge in [0, 0.05) is 5.56 Å². The zero-order chi connectivity index (χ0) is 13.3. The van der Waals surface area contributed by atoms with E-state index in [9.17, 15) is 4.79 Å². The van der Waals surface area contributed by atoms with Crippen molar-refractivity contribution in [1.29, 1.82) is 0 Å². The van der Waals surface area contributed by atoms with E-state index in [1.165, 1.54) is 13.2 Å². The lowest BCUT2D eigenvalue weighted by molar-refractivity contribution is 0.0690. The third kappa shape index (κ3) is 2.04. The molecule has 0 aliphatic heterocycles. The molecule has 0 amide bonds. The van der Waals surface area contributed by atoms with Crippen LogP contribution in [-0.2, 0) is 0 Å². The Labute approximate surface area is 108 Å². The Balaban J connectivity index is 2.53. The highest BCUT2D eigenvalue weighted by Crippen LogP contribution is 2.36. The number of aromatic nitrogens is 2. The van der Waals surface area contributed by atoms with Crippen molar-refractivity contribution in [3.05, 3.63) is 34.5 Å². The molecule has 0 saturated carbocycles. The van der Waals surface area contributed by atoms with Crippen molar-refractivity contribution in [2.24, 2.45) is 0 Å². The van der Waals surface area contributed by atoms with Gasteiger partial charge in [0.05, 0.1) is 17.8 Å². The van der Waals surface area contributed by atoms with E-state index in [1.54, 1.807) is 6.07 Å². The van der Waals surface area contributed by atoms with Gasteiger partial charge in [-0.25, -0.2) is 4.79 Å². The van der Waals surface area contributed by atoms with E-state index < -0.39 is 5.97 Å². The average molecular weight is 267 g/mol. The number of rotatable bonds is 3. The number of nitrogens with one attached hydrogen (secondary N) is 1. The van der Waals surface area contributed by atoms with E-state index in [0.717, 1.165) is 5.56 Å². The lowest BCUT2D eigenvalue weighted by atomic mass is 10.1. The molecule has 0 unspecified atom stereocenters. The molecule has 0 spiro atoms. The summed E-state index contributed by atoms with van der Waals surface area (Å²) in [5.74, 6) is -0.502. The van der Waals surface area contributed by atoms with Gasteiger partial charge in [0.15, 0.2) is 0 Å². The number of methoxy groups -OCH3 is 1. The van der Waals surface area contributed by atoms with Crippen molar-refractivity contribution in [3.63, 3.8) is 0 Å². The third-order valence-electron chi connectivity index (χ3n) is 2.58. The van der Waals surface area contributed by atoms with Gasteiger partial charge in [0.1, 0.15) is 11.4 Å². The fraction of sp³-hybridized carbons (Fsp3) is 0.167. The Kier molecular flexibility index (Phi) is 3.25. The minimum absolute atomic E-state index is 0.0145. The van der Waals surface area contributed by atoms with Crippen LogP contribution in [-0.4, -0.2) is 28.4 Å². The van der Waals surface area contributed by atoms with Gasteiger partial charge in [0.25, 0.3) is 0 Å². The molecule has 94 valence electrons. The number of hydrogen-bond acceptors (Lipinski definition) is 3. The van der Waals surface area contributed by atoms with E-state index in [1.807, 2.05) is 13.0 Å². The molecule has 0 aliphatic rings. The largest absolute Gasteiger partial charge is 0.495 e. The molecule has 0 bridgehead atoms. The van der Waals surface area contributed by atoms with Gasteiger partial charge >= 0.3 is 5.97 Å². The molecule has 0 fully saturated rings. The highest BCUT2D eigenvalue weighted by atomic mass is 35.5. The van der Waals surface area contributed by atoms with Crippen LogP contribution < -0.4 is 4.74 Å². The first-order chi connectivity index (χ1) is 8.54. The molecular weight excluding hydrogens is 256 g/mol. The fourth-order valence-corrected chi connectivity index (χ4v) is 2.06. The van der Waals surface area contributed by atoms with Gasteiger partial charge in [-0.2, -0.15) is 5.10 Å². The number of H-pyrrole nitrogens is 1. The number of carbonyl (C=O) groups is 1. The van der Waals surface area contributed by atoms with Gasteiger partial charge in [-0.15, -0.1) is 0 Å². The molecule has 0 radical (unpaired) electrons. The molecular formula is C12H11ClN2O3. The summed E-state index contributed by atoms with van der Waals surface area (Å²) < 4.78 is 5.21. The van der Waals surface area contributed by atoms with Crippen LogP contribution >= 0.6 is 11.6 Å². The van der Waals surface area contributed by atoms with Crippen molar-refractivity contribution in [3.8, 4) is 17.0 Å². The van der Waals surface area contributed by atoms with Crippen LogP contribution in [0.2, 0.25) is 5.02 Å². The van der Waals surface area contributed by atoms with Crippen LogP contribution in [0.1, 0.15) is 16.1 Å². The second kappa shape index (κ2) is 4.70. The number of nitrogens with zero attached hydrogens (tertiary/aromatic N) is 1. The number of aromatic amines is 1. The first-order valence-corrected chi connectivity index (χ1v) is 5.54. The minimum Gasteiger partial charge on any atom is -0.495 e. The molecule has 2 aromatic rings. The lowest BCUT2D eigenvalue weighted by Gasteiger charge is -2.09. The smallest absolute Gasteiger partial charge is 0.353 e. The van der Waals surface area contributed by atoms with Gasteiger partial charge in [-0.1, -0.05) is 23.7 Å². The van der Waals surface area contributed by atoms with Crippen LogP contribution in [0.3, 0.4) is 0 Å². The number of aromatic carboxylic acids is 1. The second-order valence-corrected chi connectivity index (χ2v) is 4.13. The maximum absolute atomic E-state index is 10.8. The monoisotopic (exact) mass is 266 g/mol. The molecule has 6 heteroatoms. The normalized spacial score (nSPS) is 10.4. The van der Waals surface area contributed by atoms with E-state index in [-0.39, 0.29) is 5.69 Å². The predicted octanol–water partition coefficient (Wildman–Crippen LogP) is 2.75. The summed E-state index contributed by atoms with van der Waals surface area (Å²) in [4.78, 5) is 10.8. The lowest BCUT2D eigenvalue weighted by Crippen LogP contribution is -1.95. The Morgan fingerprint density at radius 2 is 2.22 bits per heavy atom. The summed E-state index contributed by atoms with van der Waals surface area (Å²) in [5.41, 5.74) is 2.01. The third-order valence-corrected chi connectivity index (χ3v) is 2.96. The Hall–Kier alpha value is -2.01. The number of halogens is 1. The number of ether oxygens (including phenoxy) is 1. The van der Waals surface area contributed by atoms with Crippen molar-refractivity contribution in [2.45, 2.75) is 6.92 Å². The molecule has 1 aromatic heterocycles. The molecule has 0 atom stereocenters. The van der Waals surface area contributed by atoms with Crippen LogP contribution in [0.5, 0.6) is 5.75 Å². The number of carboxylic acids is 1. The maximum Gasteiger partial charge on any atom is 0.353 e. The Bertz CT molecular complexity index is 607. The van der Waals surface area contributed by atoms with Crippen molar-refractivity contribution >= 4 is 17.6 Å². The van der Waals surface area contributed by atoms with Crippen molar-refractivity contribution in [1.82, 2.24) is 10.2 Å². The second-order valence-electron chi connectivity index (χ2n) is 3.75. The van der Waals surface area contributed by atoms with Gasteiger partial charge in [-0.3, -0.25) is 5.10 Å². The van der Waals surface area contributed by atoms with Crippen molar-refractivity contribution in [2.75, 3.05) is 7.11 Å². The summed E-state index contributed by atoms with van der Waals surface area (Å²) in [6.45, 7) is 1.88. The summed E-state index contributed by atoms with van der Waals surface area (Å²) >= 11 is 6.21. The van der Waals surface area contributed by atoms with Crippen LogP contribution in [0.4, 0.5) is 0 Å². The van der Waals surface area contributed by atoms with Crippen LogP contribution in [0, 0.1) is 6.92 Å². The van der Waals surface area contributed by atoms with Crippen LogP contribution in [0.15, 0.2) is 18.2 Å². The zero-order valence-corrected chi connectivity index (χ0v) is 10.6. The van der Waals surface area contributed by atoms with Gasteiger partial charge in [0.2, 0.25) is 0 Å². The quantitative estimate of drug-likeness (QED) is 0.896. The first-order valence-electron chi connectivity index (χ1n) is 5.16. The summed E-state index contributed by atoms with van der Waals surface area (Å²) in [6.07, 6.45) is 0. The summed E-state index contributed by atoms with van der Waals surface area (Å²) in [6, 6.07) is 5.05. The summed E-state index contributed by atoms with van der Waals surface area (Å²) in [5, 5.41) is 15.6. The standard InChI is InChI=1S/C12H11ClN2O3/c1-6-3-4-7(10(13)11(6)18-2)8-5-9(12(16)17)15-14-8/h3-5H,1-2H3,(H,14,15)(H,16,17). The van der Waals surface area contributed by atoms with E-state index in [4.69, 9.17) is 21.4 Å². The fourth-order valence-electron chi connectivity index (χ4n) is 1.67. The Morgan fingerprint density at radius 1 is 1.50 bits per heavy atom. The number of aryl methyl sites for hydroxylation is 1. The molecule has 18 heavy (non-hydrogen) atoms. The van der Waals surface area contributed by atoms with E-state index in [2.05, 4.69) is 10.2 Å².